The summed E-state index contributed by atoms with van der Waals surface area (Å²) in [7, 11) is 0. The van der Waals surface area contributed by atoms with Crippen LogP contribution in [0, 0.1) is 13.8 Å². The van der Waals surface area contributed by atoms with Crippen LogP contribution in [0.2, 0.25) is 5.15 Å². The Morgan fingerprint density at radius 1 is 1.17 bits per heavy atom. The van der Waals surface area contributed by atoms with Gasteiger partial charge in [-0.1, -0.05) is 47.5 Å². The molecule has 1 saturated heterocycles. The van der Waals surface area contributed by atoms with Crippen molar-refractivity contribution in [2.24, 2.45) is 0 Å². The standard InChI is InChI=1S/C23H29ClN4OS/c1-17-5-7-19(8-6-17)16-28-23(24)20(18(2)26-28)14-25-15-21(22-4-3-13-30-22)27-9-11-29-12-10-27/h3-8,13,21,25H,9-12,14-16H2,1-2H3/t21-/m0/s1. The largest absolute Gasteiger partial charge is 0.379 e. The Kier molecular flexibility index (Phi) is 7.23. The maximum atomic E-state index is 6.71. The molecule has 0 saturated carbocycles. The van der Waals surface area contributed by atoms with Crippen molar-refractivity contribution in [2.75, 3.05) is 32.8 Å². The molecule has 1 aliphatic rings. The van der Waals surface area contributed by atoms with Crippen molar-refractivity contribution in [3.8, 4) is 0 Å². The van der Waals surface area contributed by atoms with Gasteiger partial charge in [-0.15, -0.1) is 11.3 Å². The van der Waals surface area contributed by atoms with Gasteiger partial charge < -0.3 is 10.1 Å². The molecular formula is C23H29ClN4OS. The first-order chi connectivity index (χ1) is 14.6. The van der Waals surface area contributed by atoms with Crippen molar-refractivity contribution in [2.45, 2.75) is 33.0 Å². The van der Waals surface area contributed by atoms with Crippen molar-refractivity contribution >= 4 is 22.9 Å². The lowest BCUT2D eigenvalue weighted by Crippen LogP contribution is -2.42. The van der Waals surface area contributed by atoms with Crippen LogP contribution in [0.4, 0.5) is 0 Å². The molecule has 0 aliphatic carbocycles. The predicted octanol–water partition coefficient (Wildman–Crippen LogP) is 4.43. The lowest BCUT2D eigenvalue weighted by Gasteiger charge is -2.34. The van der Waals surface area contributed by atoms with Crippen molar-refractivity contribution in [3.05, 3.63) is 74.2 Å². The van der Waals surface area contributed by atoms with Crippen LogP contribution in [-0.2, 0) is 17.8 Å². The van der Waals surface area contributed by atoms with E-state index in [1.54, 1.807) is 0 Å². The molecule has 1 N–H and O–H groups in total. The van der Waals surface area contributed by atoms with Gasteiger partial charge >= 0.3 is 0 Å². The maximum absolute atomic E-state index is 6.71. The lowest BCUT2D eigenvalue weighted by molar-refractivity contribution is 0.0168. The molecule has 5 nitrogen and oxygen atoms in total. The summed E-state index contributed by atoms with van der Waals surface area (Å²) in [5.41, 5.74) is 4.52. The van der Waals surface area contributed by atoms with Crippen molar-refractivity contribution < 1.29 is 4.74 Å². The fraction of sp³-hybridized carbons (Fsp3) is 0.435. The van der Waals surface area contributed by atoms with E-state index in [1.807, 2.05) is 22.9 Å². The highest BCUT2D eigenvalue weighted by Gasteiger charge is 2.23. The molecule has 0 bridgehead atoms. The highest BCUT2D eigenvalue weighted by Crippen LogP contribution is 2.26. The van der Waals surface area contributed by atoms with Crippen LogP contribution in [-0.4, -0.2) is 47.5 Å². The van der Waals surface area contributed by atoms with Gasteiger partial charge in [-0.25, -0.2) is 4.68 Å². The minimum Gasteiger partial charge on any atom is -0.379 e. The molecule has 7 heteroatoms. The molecule has 30 heavy (non-hydrogen) atoms. The minimum atomic E-state index is 0.357. The fourth-order valence-corrected chi connectivity index (χ4v) is 5.04. The van der Waals surface area contributed by atoms with E-state index in [1.165, 1.54) is 16.0 Å². The Hall–Kier alpha value is -1.70. The van der Waals surface area contributed by atoms with Crippen LogP contribution in [0.1, 0.15) is 33.3 Å². The Bertz CT molecular complexity index is 933. The van der Waals surface area contributed by atoms with Crippen molar-refractivity contribution in [1.82, 2.24) is 20.0 Å². The minimum absolute atomic E-state index is 0.357. The first-order valence-corrected chi connectivity index (χ1v) is 11.7. The van der Waals surface area contributed by atoms with Gasteiger partial charge in [0.1, 0.15) is 5.15 Å². The number of rotatable bonds is 8. The molecule has 1 fully saturated rings. The second kappa shape index (κ2) is 10.1. The van der Waals surface area contributed by atoms with E-state index in [-0.39, 0.29) is 0 Å². The molecule has 4 rings (SSSR count). The molecule has 1 aliphatic heterocycles. The molecule has 2 aromatic heterocycles. The maximum Gasteiger partial charge on any atom is 0.132 e. The Morgan fingerprint density at radius 2 is 1.93 bits per heavy atom. The summed E-state index contributed by atoms with van der Waals surface area (Å²) in [6.45, 7) is 9.95. The number of aryl methyl sites for hydroxylation is 2. The highest BCUT2D eigenvalue weighted by atomic mass is 35.5. The van der Waals surface area contributed by atoms with Crippen molar-refractivity contribution in [3.63, 3.8) is 0 Å². The van der Waals surface area contributed by atoms with Gasteiger partial charge in [0.25, 0.3) is 0 Å². The van der Waals surface area contributed by atoms with E-state index in [4.69, 9.17) is 16.3 Å². The number of ether oxygens (including phenoxy) is 1. The van der Waals surface area contributed by atoms with E-state index < -0.39 is 0 Å². The molecule has 0 unspecified atom stereocenters. The summed E-state index contributed by atoms with van der Waals surface area (Å²) in [5, 5.41) is 11.2. The third-order valence-electron chi connectivity index (χ3n) is 5.63. The predicted molar refractivity (Wildman–Crippen MR) is 123 cm³/mol. The average molecular weight is 445 g/mol. The zero-order valence-electron chi connectivity index (χ0n) is 17.6. The number of nitrogens with zero attached hydrogens (tertiary/aromatic N) is 3. The second-order valence-corrected chi connectivity index (χ2v) is 9.15. The van der Waals surface area contributed by atoms with Crippen LogP contribution in [0.5, 0.6) is 0 Å². The van der Waals surface area contributed by atoms with E-state index in [2.05, 4.69) is 64.0 Å². The summed E-state index contributed by atoms with van der Waals surface area (Å²) in [6.07, 6.45) is 0. The Labute approximate surface area is 187 Å². The third kappa shape index (κ3) is 5.13. The molecule has 0 amide bonds. The van der Waals surface area contributed by atoms with Gasteiger partial charge in [0, 0.05) is 36.6 Å². The zero-order chi connectivity index (χ0) is 20.9. The summed E-state index contributed by atoms with van der Waals surface area (Å²) < 4.78 is 7.44. The number of hydrogen-bond donors (Lipinski definition) is 1. The van der Waals surface area contributed by atoms with E-state index in [0.717, 1.165) is 49.3 Å². The van der Waals surface area contributed by atoms with Crippen molar-refractivity contribution in [1.29, 1.82) is 0 Å². The topological polar surface area (TPSA) is 42.3 Å². The monoisotopic (exact) mass is 444 g/mol. The van der Waals surface area contributed by atoms with E-state index >= 15 is 0 Å². The number of morpholine rings is 1. The van der Waals surface area contributed by atoms with Crippen LogP contribution < -0.4 is 5.32 Å². The first-order valence-electron chi connectivity index (χ1n) is 10.4. The molecule has 3 heterocycles. The van der Waals surface area contributed by atoms with Crippen LogP contribution in [0.25, 0.3) is 0 Å². The molecule has 1 aromatic carbocycles. The summed E-state index contributed by atoms with van der Waals surface area (Å²) in [6, 6.07) is 13.2. The summed E-state index contributed by atoms with van der Waals surface area (Å²) >= 11 is 8.53. The summed E-state index contributed by atoms with van der Waals surface area (Å²) in [5.74, 6) is 0. The third-order valence-corrected chi connectivity index (χ3v) is 7.03. The second-order valence-electron chi connectivity index (χ2n) is 7.81. The fourth-order valence-electron chi connectivity index (χ4n) is 3.88. The zero-order valence-corrected chi connectivity index (χ0v) is 19.2. The van der Waals surface area contributed by atoms with Gasteiger partial charge in [-0.05, 0) is 30.9 Å². The molecule has 0 radical (unpaired) electrons. The normalized spacial score (nSPS) is 16.1. The number of benzene rings is 1. The van der Waals surface area contributed by atoms with Crippen LogP contribution in [0.3, 0.4) is 0 Å². The van der Waals surface area contributed by atoms with Gasteiger partial charge in [0.15, 0.2) is 0 Å². The van der Waals surface area contributed by atoms with Crippen LogP contribution in [0.15, 0.2) is 41.8 Å². The summed E-state index contributed by atoms with van der Waals surface area (Å²) in [4.78, 5) is 3.90. The Balaban J connectivity index is 1.41. The van der Waals surface area contributed by atoms with E-state index in [0.29, 0.717) is 19.1 Å². The molecule has 0 spiro atoms. The van der Waals surface area contributed by atoms with Gasteiger partial charge in [0.2, 0.25) is 0 Å². The number of aromatic nitrogens is 2. The van der Waals surface area contributed by atoms with E-state index in [9.17, 15) is 0 Å². The number of thiophene rings is 1. The smallest absolute Gasteiger partial charge is 0.132 e. The van der Waals surface area contributed by atoms with Crippen LogP contribution >= 0.6 is 22.9 Å². The number of halogens is 1. The molecule has 1 atom stereocenters. The average Bonchev–Trinajstić information content (AvgIpc) is 3.37. The van der Waals surface area contributed by atoms with Gasteiger partial charge in [-0.2, -0.15) is 5.10 Å². The SMILES string of the molecule is Cc1ccc(Cn2nc(C)c(CNC[C@@H](c3cccs3)N3CCOCC3)c2Cl)cc1. The number of nitrogens with one attached hydrogen (secondary N) is 1. The lowest BCUT2D eigenvalue weighted by atomic mass is 10.1. The van der Waals surface area contributed by atoms with Gasteiger partial charge in [-0.3, -0.25) is 4.90 Å². The first kappa shape index (κ1) is 21.5. The quantitative estimate of drug-likeness (QED) is 0.558. The number of hydrogen-bond acceptors (Lipinski definition) is 5. The Morgan fingerprint density at radius 3 is 2.63 bits per heavy atom. The molecular weight excluding hydrogens is 416 g/mol. The molecule has 160 valence electrons. The molecule has 3 aromatic rings. The van der Waals surface area contributed by atoms with Gasteiger partial charge in [0.05, 0.1) is 31.5 Å². The highest BCUT2D eigenvalue weighted by molar-refractivity contribution is 7.10.